The molecule has 15 heteroatoms. The number of carboxylic acid groups (broad SMARTS) is 1. The molecule has 0 unspecified atom stereocenters. The van der Waals surface area contributed by atoms with Crippen LogP contribution < -0.4 is 19.9 Å². The molecule has 1 atom stereocenters. The third-order valence-electron chi connectivity index (χ3n) is 9.46. The Hall–Kier alpha value is -5.24. The number of thiophene rings is 1. The summed E-state index contributed by atoms with van der Waals surface area (Å²) < 4.78 is 5.57. The largest absolute Gasteiger partial charge is 0.480 e. The fourth-order valence-electron chi connectivity index (χ4n) is 6.54. The van der Waals surface area contributed by atoms with E-state index in [-0.39, 0.29) is 42.6 Å². The van der Waals surface area contributed by atoms with Crippen molar-refractivity contribution >= 4 is 85.6 Å². The number of ether oxygens (including phenoxy) is 1. The predicted molar refractivity (Wildman–Crippen MR) is 217 cm³/mol. The minimum atomic E-state index is -1.07. The van der Waals surface area contributed by atoms with Gasteiger partial charge in [0.2, 0.25) is 17.7 Å². The van der Waals surface area contributed by atoms with Gasteiger partial charge in [0.25, 0.3) is 0 Å². The summed E-state index contributed by atoms with van der Waals surface area (Å²) in [5.74, 6) is -0.411. The number of hydrogen-bond acceptors (Lipinski definition) is 8. The Morgan fingerprint density at radius 1 is 1.11 bits per heavy atom. The second kappa shape index (κ2) is 16.0. The summed E-state index contributed by atoms with van der Waals surface area (Å²) in [5, 5.41) is 15.0. The molecule has 3 N–H and O–H groups in total. The molecule has 54 heavy (non-hydrogen) atoms. The fraction of sp³-hybridized carbons (Fsp3) is 0.282. The molecular weight excluding hydrogens is 749 g/mol. The van der Waals surface area contributed by atoms with Crippen LogP contribution in [0.15, 0.2) is 64.7 Å². The van der Waals surface area contributed by atoms with Crippen LogP contribution in [0.25, 0.3) is 22.0 Å². The minimum absolute atomic E-state index is 0.0114. The summed E-state index contributed by atoms with van der Waals surface area (Å²) in [6.07, 6.45) is 1.45. The lowest BCUT2D eigenvalue weighted by molar-refractivity contribution is -0.121. The number of aliphatic imine (C=N–C) groups is 2. The number of aryl methyl sites for hydroxylation is 1. The smallest absolute Gasteiger partial charge is 0.337 e. The van der Waals surface area contributed by atoms with E-state index < -0.39 is 12.0 Å². The van der Waals surface area contributed by atoms with Gasteiger partial charge in [0.15, 0.2) is 0 Å². The lowest BCUT2D eigenvalue weighted by Crippen LogP contribution is -2.41. The number of pyridine rings is 1. The average molecular weight is 789 g/mol. The summed E-state index contributed by atoms with van der Waals surface area (Å²) >= 11 is 14.5. The number of halogens is 2. The van der Waals surface area contributed by atoms with Gasteiger partial charge in [0, 0.05) is 82.9 Å². The number of nitrogens with zero attached hydrogens (tertiary/aromatic N) is 5. The SMILES string of the molecule is CCN1C(=NC)[C@H](CC(=O)NCCC(=O)N(C)c2ccc(-c3cc4c(C(=O)O)c[nH]c4cc3Cl)c(OC)n2)N=C(c2ccc(Cl)cc2)c2c1sc(C)c2C. The number of anilines is 2. The number of nitrogens with one attached hydrogen (secondary N) is 2. The first-order chi connectivity index (χ1) is 25.9. The molecule has 12 nitrogen and oxygen atoms in total. The molecule has 1 aliphatic heterocycles. The van der Waals surface area contributed by atoms with Crippen molar-refractivity contribution in [2.75, 3.05) is 44.1 Å². The summed E-state index contributed by atoms with van der Waals surface area (Å²) in [6.45, 7) is 6.97. The second-order valence-electron chi connectivity index (χ2n) is 12.7. The van der Waals surface area contributed by atoms with Crippen LogP contribution in [-0.2, 0) is 9.59 Å². The number of carbonyl (C=O) groups is 3. The lowest BCUT2D eigenvalue weighted by atomic mass is 9.99. The van der Waals surface area contributed by atoms with Gasteiger partial charge in [0.1, 0.15) is 22.7 Å². The highest BCUT2D eigenvalue weighted by molar-refractivity contribution is 7.17. The number of aromatic nitrogens is 2. The molecule has 6 rings (SSSR count). The van der Waals surface area contributed by atoms with Gasteiger partial charge in [0.05, 0.1) is 29.8 Å². The molecule has 5 aromatic rings. The molecule has 2 amide bonds. The van der Waals surface area contributed by atoms with Crippen molar-refractivity contribution in [2.24, 2.45) is 9.98 Å². The Labute approximate surface area is 326 Å². The monoisotopic (exact) mass is 787 g/mol. The van der Waals surface area contributed by atoms with Crippen LogP contribution >= 0.6 is 34.5 Å². The molecule has 4 heterocycles. The van der Waals surface area contributed by atoms with E-state index in [0.717, 1.165) is 27.4 Å². The Bertz CT molecular complexity index is 2330. The molecule has 0 aliphatic carbocycles. The van der Waals surface area contributed by atoms with Crippen LogP contribution in [0, 0.1) is 13.8 Å². The first-order valence-electron chi connectivity index (χ1n) is 17.2. The van der Waals surface area contributed by atoms with Crippen LogP contribution in [0.2, 0.25) is 10.0 Å². The van der Waals surface area contributed by atoms with Crippen LogP contribution in [0.3, 0.4) is 0 Å². The number of benzene rings is 2. The van der Waals surface area contributed by atoms with Crippen LogP contribution in [0.5, 0.6) is 5.88 Å². The van der Waals surface area contributed by atoms with Crippen molar-refractivity contribution in [3.8, 4) is 17.0 Å². The summed E-state index contributed by atoms with van der Waals surface area (Å²) in [5.41, 5.74) is 5.56. The third-order valence-corrected chi connectivity index (χ3v) is 11.3. The normalized spacial score (nSPS) is 14.8. The maximum Gasteiger partial charge on any atom is 0.337 e. The predicted octanol–water partition coefficient (Wildman–Crippen LogP) is 7.56. The van der Waals surface area contributed by atoms with Crippen LogP contribution in [0.4, 0.5) is 10.8 Å². The summed E-state index contributed by atoms with van der Waals surface area (Å²) in [4.78, 5) is 60.5. The average Bonchev–Trinajstić information content (AvgIpc) is 3.66. The Morgan fingerprint density at radius 2 is 1.85 bits per heavy atom. The quantitative estimate of drug-likeness (QED) is 0.125. The number of fused-ring (bicyclic) bond motifs is 2. The van der Waals surface area contributed by atoms with Crippen LogP contribution in [-0.4, -0.2) is 84.7 Å². The van der Waals surface area contributed by atoms with Gasteiger partial charge in [-0.15, -0.1) is 11.3 Å². The molecular formula is C39H39Cl2N7O5S. The fourth-order valence-corrected chi connectivity index (χ4v) is 8.16. The number of methoxy groups -OCH3 is 1. The number of aromatic carboxylic acids is 1. The lowest BCUT2D eigenvalue weighted by Gasteiger charge is -2.25. The molecule has 0 saturated heterocycles. The molecule has 0 spiro atoms. The second-order valence-corrected chi connectivity index (χ2v) is 14.7. The number of aromatic amines is 1. The van der Waals surface area contributed by atoms with Gasteiger partial charge in [-0.1, -0.05) is 35.3 Å². The van der Waals surface area contributed by atoms with Crippen molar-refractivity contribution < 1.29 is 24.2 Å². The number of likely N-dealkylation sites (N-methyl/N-ethyl adjacent to an activating group) is 1. The zero-order valence-corrected chi connectivity index (χ0v) is 32.9. The number of amidine groups is 1. The molecule has 0 fully saturated rings. The van der Waals surface area contributed by atoms with Gasteiger partial charge in [-0.3, -0.25) is 24.5 Å². The number of carboxylic acids is 1. The number of rotatable bonds is 11. The van der Waals surface area contributed by atoms with Crippen molar-refractivity contribution in [3.05, 3.63) is 91.9 Å². The van der Waals surface area contributed by atoms with E-state index in [0.29, 0.717) is 50.3 Å². The molecule has 0 saturated carbocycles. The van der Waals surface area contributed by atoms with Gasteiger partial charge >= 0.3 is 5.97 Å². The van der Waals surface area contributed by atoms with E-state index in [4.69, 9.17) is 32.9 Å². The van der Waals surface area contributed by atoms with E-state index >= 15 is 0 Å². The van der Waals surface area contributed by atoms with Gasteiger partial charge in [-0.2, -0.15) is 4.98 Å². The number of H-pyrrole nitrogens is 1. The Balaban J connectivity index is 1.16. The van der Waals surface area contributed by atoms with E-state index in [1.807, 2.05) is 24.3 Å². The molecule has 280 valence electrons. The van der Waals surface area contributed by atoms with Gasteiger partial charge in [-0.25, -0.2) is 4.79 Å². The third kappa shape index (κ3) is 7.43. The number of amides is 2. The van der Waals surface area contributed by atoms with E-state index in [1.54, 1.807) is 49.7 Å². The first-order valence-corrected chi connectivity index (χ1v) is 18.7. The maximum absolute atomic E-state index is 13.5. The van der Waals surface area contributed by atoms with Crippen molar-refractivity contribution in [3.63, 3.8) is 0 Å². The maximum atomic E-state index is 13.5. The van der Waals surface area contributed by atoms with Gasteiger partial charge < -0.3 is 25.0 Å². The summed E-state index contributed by atoms with van der Waals surface area (Å²) in [6, 6.07) is 13.6. The highest BCUT2D eigenvalue weighted by atomic mass is 35.5. The number of hydrogen-bond donors (Lipinski definition) is 3. The van der Waals surface area contributed by atoms with E-state index in [2.05, 4.69) is 45.9 Å². The van der Waals surface area contributed by atoms with Crippen molar-refractivity contribution in [1.29, 1.82) is 0 Å². The summed E-state index contributed by atoms with van der Waals surface area (Å²) in [7, 11) is 4.76. The standard InChI is InChI=1S/C39H39Cl2N7O5S/c1-7-48-36(42-4)30(45-35(22-8-10-23(40)11-9-22)34-20(2)21(3)54-38(34)48)18-32(49)43-15-14-33(50)47(5)31-13-12-24(37(46-31)53-6)25-16-26-27(39(51)52)19-44-29(26)17-28(25)41/h8-13,16-17,19,30,44H,7,14-15,18H2,1-6H3,(H,43,49)(H,51,52)/t30-/m0/s1. The molecule has 2 aromatic carbocycles. The zero-order chi connectivity index (χ0) is 38.8. The molecule has 3 aromatic heterocycles. The number of carbonyl (C=O) groups excluding carboxylic acids is 2. The highest BCUT2D eigenvalue weighted by Gasteiger charge is 2.34. The van der Waals surface area contributed by atoms with Crippen molar-refractivity contribution in [2.45, 2.75) is 39.7 Å². The van der Waals surface area contributed by atoms with E-state index in [1.165, 1.54) is 23.1 Å². The topological polar surface area (TPSA) is 153 Å². The zero-order valence-electron chi connectivity index (χ0n) is 30.6. The van der Waals surface area contributed by atoms with E-state index in [9.17, 15) is 19.5 Å². The highest BCUT2D eigenvalue weighted by Crippen LogP contribution is 2.41. The molecule has 0 bridgehead atoms. The Kier molecular flexibility index (Phi) is 11.4. The van der Waals surface area contributed by atoms with Gasteiger partial charge in [-0.05, 0) is 62.7 Å². The molecule has 0 radical (unpaired) electrons. The molecule has 1 aliphatic rings. The Morgan fingerprint density at radius 3 is 2.52 bits per heavy atom. The van der Waals surface area contributed by atoms with Crippen molar-refractivity contribution in [1.82, 2.24) is 15.3 Å². The van der Waals surface area contributed by atoms with Crippen LogP contribution in [0.1, 0.15) is 51.7 Å². The first kappa shape index (κ1) is 38.5. The minimum Gasteiger partial charge on any atom is -0.480 e.